The number of phenols is 1. The summed E-state index contributed by atoms with van der Waals surface area (Å²) in [5, 5.41) is 22.9. The molecule has 0 unspecified atom stereocenters. The van der Waals surface area contributed by atoms with Gasteiger partial charge in [0.15, 0.2) is 0 Å². The Kier molecular flexibility index (Phi) is 8.43. The maximum absolute atomic E-state index is 13.1. The Morgan fingerprint density at radius 1 is 0.921 bits per heavy atom. The van der Waals surface area contributed by atoms with Crippen molar-refractivity contribution in [1.82, 2.24) is 5.32 Å². The average molecular weight is 573 g/mol. The molecule has 0 saturated carbocycles. The van der Waals surface area contributed by atoms with Crippen LogP contribution in [0.5, 0.6) is 17.2 Å². The number of sulfonamides is 1. The first-order chi connectivity index (χ1) is 18.1. The number of aliphatic hydroxyl groups is 1. The molecule has 38 heavy (non-hydrogen) atoms. The number of hydrogen-bond acceptors (Lipinski definition) is 6. The minimum absolute atomic E-state index is 0.00224. The van der Waals surface area contributed by atoms with E-state index in [1.54, 1.807) is 24.3 Å². The van der Waals surface area contributed by atoms with Crippen LogP contribution in [-0.4, -0.2) is 31.1 Å². The highest BCUT2D eigenvalue weighted by Crippen LogP contribution is 2.30. The second-order valence-corrected chi connectivity index (χ2v) is 10.6. The third-order valence-corrected chi connectivity index (χ3v) is 7.33. The standard InChI is InChI=1S/C27H22Cl2N2O6S/c28-18-7-14-24(22(15-18)27(34)30-16-25(33)17-5-8-19(32)9-6-17)31-38(35,36)21-12-10-20(11-13-21)37-26-4-2-1-3-23(26)29/h1-15,25,31-33H,16H2,(H,30,34)/t25-/m0/s1. The zero-order valence-electron chi connectivity index (χ0n) is 19.6. The lowest BCUT2D eigenvalue weighted by molar-refractivity contribution is 0.0917. The SMILES string of the molecule is O=C(NC[C@H](O)c1ccc(O)cc1)c1cc(Cl)ccc1NS(=O)(=O)c1ccc(Oc2ccccc2Cl)cc1. The lowest BCUT2D eigenvalue weighted by Crippen LogP contribution is -2.29. The van der Waals surface area contributed by atoms with E-state index < -0.39 is 22.0 Å². The molecule has 0 aromatic heterocycles. The number of ether oxygens (including phenoxy) is 1. The van der Waals surface area contributed by atoms with Crippen molar-refractivity contribution < 1.29 is 28.2 Å². The fourth-order valence-corrected chi connectivity index (χ4v) is 4.86. The average Bonchev–Trinajstić information content (AvgIpc) is 2.90. The molecule has 0 radical (unpaired) electrons. The van der Waals surface area contributed by atoms with Crippen LogP contribution >= 0.6 is 23.2 Å². The monoisotopic (exact) mass is 572 g/mol. The number of aliphatic hydroxyl groups excluding tert-OH is 1. The summed E-state index contributed by atoms with van der Waals surface area (Å²) in [6.45, 7) is -0.158. The van der Waals surface area contributed by atoms with Gasteiger partial charge in [0, 0.05) is 11.6 Å². The molecule has 8 nitrogen and oxygen atoms in total. The minimum atomic E-state index is -4.09. The van der Waals surface area contributed by atoms with Crippen molar-refractivity contribution in [1.29, 1.82) is 0 Å². The van der Waals surface area contributed by atoms with Gasteiger partial charge < -0.3 is 20.3 Å². The molecule has 0 aliphatic rings. The second kappa shape index (κ2) is 11.7. The van der Waals surface area contributed by atoms with Crippen molar-refractivity contribution in [3.63, 3.8) is 0 Å². The lowest BCUT2D eigenvalue weighted by atomic mass is 10.1. The van der Waals surface area contributed by atoms with Crippen LogP contribution in [0.4, 0.5) is 5.69 Å². The number of benzene rings is 4. The Balaban J connectivity index is 1.47. The van der Waals surface area contributed by atoms with Gasteiger partial charge in [0.05, 0.1) is 27.3 Å². The maximum atomic E-state index is 13.1. The first-order valence-corrected chi connectivity index (χ1v) is 13.5. The minimum Gasteiger partial charge on any atom is -0.508 e. The van der Waals surface area contributed by atoms with Gasteiger partial charge in [0.1, 0.15) is 17.2 Å². The van der Waals surface area contributed by atoms with Crippen molar-refractivity contribution in [2.45, 2.75) is 11.0 Å². The quantitative estimate of drug-likeness (QED) is 0.202. The number of carbonyl (C=O) groups excluding carboxylic acids is 1. The molecule has 4 aromatic carbocycles. The number of rotatable bonds is 9. The molecular weight excluding hydrogens is 551 g/mol. The third kappa shape index (κ3) is 6.76. The van der Waals surface area contributed by atoms with E-state index in [1.165, 1.54) is 66.7 Å². The number of aromatic hydroxyl groups is 1. The highest BCUT2D eigenvalue weighted by molar-refractivity contribution is 7.92. The van der Waals surface area contributed by atoms with E-state index in [0.29, 0.717) is 22.1 Å². The number of hydrogen-bond donors (Lipinski definition) is 4. The van der Waals surface area contributed by atoms with Crippen LogP contribution in [0.1, 0.15) is 22.0 Å². The maximum Gasteiger partial charge on any atom is 0.261 e. The highest BCUT2D eigenvalue weighted by atomic mass is 35.5. The van der Waals surface area contributed by atoms with E-state index in [-0.39, 0.29) is 33.5 Å². The molecule has 0 saturated heterocycles. The molecule has 4 N–H and O–H groups in total. The molecule has 0 aliphatic carbocycles. The topological polar surface area (TPSA) is 125 Å². The largest absolute Gasteiger partial charge is 0.508 e. The van der Waals surface area contributed by atoms with E-state index in [4.69, 9.17) is 27.9 Å². The third-order valence-electron chi connectivity index (χ3n) is 5.40. The smallest absolute Gasteiger partial charge is 0.261 e. The Labute approximate surface area is 229 Å². The normalized spacial score (nSPS) is 12.0. The van der Waals surface area contributed by atoms with Gasteiger partial charge in [-0.15, -0.1) is 0 Å². The van der Waals surface area contributed by atoms with Gasteiger partial charge in [-0.3, -0.25) is 9.52 Å². The van der Waals surface area contributed by atoms with E-state index in [2.05, 4.69) is 10.0 Å². The van der Waals surface area contributed by atoms with Gasteiger partial charge in [0.25, 0.3) is 15.9 Å². The number of anilines is 1. The fourth-order valence-electron chi connectivity index (χ4n) is 3.44. The Morgan fingerprint density at radius 3 is 2.29 bits per heavy atom. The van der Waals surface area contributed by atoms with E-state index in [1.807, 2.05) is 0 Å². The second-order valence-electron chi connectivity index (χ2n) is 8.12. The summed E-state index contributed by atoms with van der Waals surface area (Å²) in [5.41, 5.74) is 0.456. The number of amides is 1. The molecule has 1 amide bonds. The van der Waals surface area contributed by atoms with Crippen LogP contribution in [0, 0.1) is 0 Å². The first kappa shape index (κ1) is 27.3. The molecule has 1 atom stereocenters. The molecule has 4 rings (SSSR count). The van der Waals surface area contributed by atoms with Crippen molar-refractivity contribution >= 4 is 44.8 Å². The number of para-hydroxylation sites is 1. The zero-order chi connectivity index (χ0) is 27.3. The van der Waals surface area contributed by atoms with Crippen LogP contribution in [0.3, 0.4) is 0 Å². The molecule has 0 heterocycles. The zero-order valence-corrected chi connectivity index (χ0v) is 22.0. The molecular formula is C27H22Cl2N2O6S. The fraction of sp³-hybridized carbons (Fsp3) is 0.0741. The predicted octanol–water partition coefficient (Wildman–Crippen LogP) is 5.76. The van der Waals surface area contributed by atoms with Crippen molar-refractivity contribution in [3.8, 4) is 17.2 Å². The van der Waals surface area contributed by atoms with Crippen LogP contribution in [-0.2, 0) is 10.0 Å². The van der Waals surface area contributed by atoms with Gasteiger partial charge in [-0.1, -0.05) is 47.5 Å². The van der Waals surface area contributed by atoms with Gasteiger partial charge in [-0.2, -0.15) is 0 Å². The van der Waals surface area contributed by atoms with Gasteiger partial charge in [-0.25, -0.2) is 8.42 Å². The summed E-state index contributed by atoms with van der Waals surface area (Å²) in [5.74, 6) is 0.209. The molecule has 0 aliphatic heterocycles. The molecule has 0 spiro atoms. The summed E-state index contributed by atoms with van der Waals surface area (Å²) in [7, 11) is -4.09. The predicted molar refractivity (Wildman–Crippen MR) is 146 cm³/mol. The van der Waals surface area contributed by atoms with Crippen molar-refractivity contribution in [3.05, 3.63) is 112 Å². The molecule has 11 heteroatoms. The molecule has 0 fully saturated rings. The van der Waals surface area contributed by atoms with Gasteiger partial charge in [0.2, 0.25) is 0 Å². The Hall–Kier alpha value is -3.76. The lowest BCUT2D eigenvalue weighted by Gasteiger charge is -2.16. The van der Waals surface area contributed by atoms with E-state index in [9.17, 15) is 23.4 Å². The Bertz CT molecular complexity index is 1550. The molecule has 4 aromatic rings. The summed E-state index contributed by atoms with van der Waals surface area (Å²) in [6.07, 6.45) is -1.05. The number of nitrogens with one attached hydrogen (secondary N) is 2. The molecule has 0 bridgehead atoms. The number of phenolic OH excluding ortho intramolecular Hbond substituents is 1. The van der Waals surface area contributed by atoms with Gasteiger partial charge in [-0.05, 0) is 72.3 Å². The van der Waals surface area contributed by atoms with Crippen LogP contribution in [0.25, 0.3) is 0 Å². The van der Waals surface area contributed by atoms with Crippen molar-refractivity contribution in [2.24, 2.45) is 0 Å². The summed E-state index contributed by atoms with van der Waals surface area (Å²) in [6, 6.07) is 22.6. The summed E-state index contributed by atoms with van der Waals surface area (Å²) >= 11 is 12.2. The van der Waals surface area contributed by atoms with E-state index in [0.717, 1.165) is 0 Å². The van der Waals surface area contributed by atoms with E-state index >= 15 is 0 Å². The van der Waals surface area contributed by atoms with Gasteiger partial charge >= 0.3 is 0 Å². The first-order valence-electron chi connectivity index (χ1n) is 11.2. The highest BCUT2D eigenvalue weighted by Gasteiger charge is 2.20. The number of carbonyl (C=O) groups is 1. The van der Waals surface area contributed by atoms with Crippen LogP contribution in [0.15, 0.2) is 95.9 Å². The number of halogens is 2. The summed E-state index contributed by atoms with van der Waals surface area (Å²) in [4.78, 5) is 12.8. The van der Waals surface area contributed by atoms with Crippen molar-refractivity contribution in [2.75, 3.05) is 11.3 Å². The van der Waals surface area contributed by atoms with Crippen LogP contribution < -0.4 is 14.8 Å². The van der Waals surface area contributed by atoms with Crippen LogP contribution in [0.2, 0.25) is 10.0 Å². The Morgan fingerprint density at radius 2 is 1.61 bits per heavy atom. The summed E-state index contributed by atoms with van der Waals surface area (Å²) < 4.78 is 34.2. The molecule has 196 valence electrons.